The maximum atomic E-state index is 11.5. The van der Waals surface area contributed by atoms with Crippen LogP contribution in [-0.4, -0.2) is 44.2 Å². The van der Waals surface area contributed by atoms with E-state index in [-0.39, 0.29) is 5.97 Å². The molecule has 0 spiro atoms. The number of methoxy groups -OCH3 is 1. The van der Waals surface area contributed by atoms with Gasteiger partial charge < -0.3 is 10.1 Å². The molecule has 1 aromatic rings. The van der Waals surface area contributed by atoms with E-state index in [4.69, 9.17) is 4.74 Å². The van der Waals surface area contributed by atoms with Gasteiger partial charge in [-0.3, -0.25) is 4.90 Å². The molecule has 1 fully saturated rings. The first-order valence-corrected chi connectivity index (χ1v) is 7.30. The van der Waals surface area contributed by atoms with Crippen molar-refractivity contribution in [2.45, 2.75) is 13.0 Å². The molecule has 1 aliphatic heterocycles. The maximum Gasteiger partial charge on any atom is 0.337 e. The van der Waals surface area contributed by atoms with E-state index in [1.54, 1.807) is 0 Å². The maximum absolute atomic E-state index is 11.5. The third kappa shape index (κ3) is 4.03. The van der Waals surface area contributed by atoms with Gasteiger partial charge in [0.1, 0.15) is 0 Å². The molecular formula is C14H19BrN2O2. The molecule has 0 aliphatic carbocycles. The molecule has 2 rings (SSSR count). The fraction of sp³-hybridized carbons (Fsp3) is 0.500. The number of carbonyl (C=O) groups is 1. The molecule has 0 unspecified atom stereocenters. The highest BCUT2D eigenvalue weighted by atomic mass is 79.9. The molecule has 1 aliphatic rings. The lowest BCUT2D eigenvalue weighted by atomic mass is 10.1. The number of halogens is 1. The summed E-state index contributed by atoms with van der Waals surface area (Å²) >= 11 is 3.54. The summed E-state index contributed by atoms with van der Waals surface area (Å²) in [7, 11) is 1.40. The molecule has 1 heterocycles. The van der Waals surface area contributed by atoms with Gasteiger partial charge in [0.05, 0.1) is 12.7 Å². The fourth-order valence-electron chi connectivity index (χ4n) is 2.22. The van der Waals surface area contributed by atoms with E-state index in [0.717, 1.165) is 37.2 Å². The Labute approximate surface area is 122 Å². The van der Waals surface area contributed by atoms with Crippen LogP contribution in [-0.2, 0) is 11.3 Å². The number of hydrogen-bond donors (Lipinski definition) is 1. The lowest BCUT2D eigenvalue weighted by Crippen LogP contribution is -2.27. The van der Waals surface area contributed by atoms with Crippen molar-refractivity contribution in [3.63, 3.8) is 0 Å². The van der Waals surface area contributed by atoms with Crippen LogP contribution in [0.15, 0.2) is 22.7 Å². The van der Waals surface area contributed by atoms with E-state index < -0.39 is 0 Å². The van der Waals surface area contributed by atoms with Crippen LogP contribution in [0.2, 0.25) is 0 Å². The Kier molecular flexibility index (Phi) is 5.36. The molecule has 1 aromatic carbocycles. The monoisotopic (exact) mass is 326 g/mol. The molecule has 0 bridgehead atoms. The summed E-state index contributed by atoms with van der Waals surface area (Å²) in [6.07, 6.45) is 1.18. The Bertz CT molecular complexity index is 443. The Hall–Kier alpha value is -0.910. The average Bonchev–Trinajstić information content (AvgIpc) is 2.68. The van der Waals surface area contributed by atoms with Gasteiger partial charge in [-0.25, -0.2) is 4.79 Å². The third-order valence-electron chi connectivity index (χ3n) is 3.30. The summed E-state index contributed by atoms with van der Waals surface area (Å²) in [4.78, 5) is 13.9. The second-order valence-electron chi connectivity index (χ2n) is 4.68. The van der Waals surface area contributed by atoms with E-state index in [1.165, 1.54) is 19.1 Å². The second-order valence-corrected chi connectivity index (χ2v) is 5.53. The van der Waals surface area contributed by atoms with Crippen LogP contribution in [0.3, 0.4) is 0 Å². The highest BCUT2D eigenvalue weighted by molar-refractivity contribution is 9.10. The molecule has 0 atom stereocenters. The van der Waals surface area contributed by atoms with Gasteiger partial charge in [0.2, 0.25) is 0 Å². The number of hydrogen-bond acceptors (Lipinski definition) is 4. The van der Waals surface area contributed by atoms with E-state index in [9.17, 15) is 4.79 Å². The fourth-order valence-corrected chi connectivity index (χ4v) is 2.73. The molecule has 0 saturated carbocycles. The summed E-state index contributed by atoms with van der Waals surface area (Å²) in [6, 6.07) is 5.65. The number of benzene rings is 1. The zero-order chi connectivity index (χ0) is 13.7. The summed E-state index contributed by atoms with van der Waals surface area (Å²) in [5, 5.41) is 3.39. The minimum atomic E-state index is -0.300. The summed E-state index contributed by atoms with van der Waals surface area (Å²) in [5.41, 5.74) is 1.78. The van der Waals surface area contributed by atoms with Crippen molar-refractivity contribution in [1.82, 2.24) is 10.2 Å². The highest BCUT2D eigenvalue weighted by Gasteiger charge is 2.13. The van der Waals surface area contributed by atoms with Crippen molar-refractivity contribution in [1.29, 1.82) is 0 Å². The van der Waals surface area contributed by atoms with Crippen LogP contribution >= 0.6 is 15.9 Å². The molecule has 0 amide bonds. The molecule has 1 N–H and O–H groups in total. The Morgan fingerprint density at radius 3 is 3.00 bits per heavy atom. The first kappa shape index (κ1) is 14.5. The molecule has 0 radical (unpaired) electrons. The van der Waals surface area contributed by atoms with Crippen molar-refractivity contribution in [2.75, 3.05) is 33.3 Å². The second kappa shape index (κ2) is 7.03. The SMILES string of the molecule is COC(=O)c1ccc(CN2CCCNCC2)c(Br)c1. The van der Waals surface area contributed by atoms with E-state index in [2.05, 4.69) is 26.1 Å². The zero-order valence-corrected chi connectivity index (χ0v) is 12.7. The van der Waals surface area contributed by atoms with Crippen molar-refractivity contribution >= 4 is 21.9 Å². The lowest BCUT2D eigenvalue weighted by Gasteiger charge is -2.20. The number of esters is 1. The topological polar surface area (TPSA) is 41.6 Å². The number of nitrogens with one attached hydrogen (secondary N) is 1. The van der Waals surface area contributed by atoms with Crippen LogP contribution in [0.25, 0.3) is 0 Å². The summed E-state index contributed by atoms with van der Waals surface area (Å²) < 4.78 is 5.68. The molecule has 104 valence electrons. The van der Waals surface area contributed by atoms with Gasteiger partial charge in [-0.2, -0.15) is 0 Å². The van der Waals surface area contributed by atoms with E-state index in [0.29, 0.717) is 5.56 Å². The number of carbonyl (C=O) groups excluding carboxylic acids is 1. The predicted octanol–water partition coefficient (Wildman–Crippen LogP) is 2.03. The molecule has 5 heteroatoms. The molecule has 1 saturated heterocycles. The lowest BCUT2D eigenvalue weighted by molar-refractivity contribution is 0.0600. The third-order valence-corrected chi connectivity index (χ3v) is 4.04. The Balaban J connectivity index is 2.05. The summed E-state index contributed by atoms with van der Waals surface area (Å²) in [5.74, 6) is -0.300. The number of nitrogens with zero attached hydrogens (tertiary/aromatic N) is 1. The molecule has 0 aromatic heterocycles. The van der Waals surface area contributed by atoms with Crippen molar-refractivity contribution in [3.05, 3.63) is 33.8 Å². The first-order chi connectivity index (χ1) is 9.20. The van der Waals surface area contributed by atoms with Gasteiger partial charge in [0, 0.05) is 24.1 Å². The Morgan fingerprint density at radius 2 is 2.26 bits per heavy atom. The van der Waals surface area contributed by atoms with Gasteiger partial charge in [0.25, 0.3) is 0 Å². The number of ether oxygens (including phenoxy) is 1. The summed E-state index contributed by atoms with van der Waals surface area (Å²) in [6.45, 7) is 5.21. The first-order valence-electron chi connectivity index (χ1n) is 6.50. The van der Waals surface area contributed by atoms with Crippen LogP contribution in [0.1, 0.15) is 22.3 Å². The van der Waals surface area contributed by atoms with Crippen LogP contribution < -0.4 is 5.32 Å². The molecule has 4 nitrogen and oxygen atoms in total. The van der Waals surface area contributed by atoms with Gasteiger partial charge in [-0.05, 0) is 37.2 Å². The normalized spacial score (nSPS) is 16.9. The quantitative estimate of drug-likeness (QED) is 0.863. The van der Waals surface area contributed by atoms with E-state index in [1.807, 2.05) is 18.2 Å². The highest BCUT2D eigenvalue weighted by Crippen LogP contribution is 2.21. The minimum Gasteiger partial charge on any atom is -0.465 e. The number of rotatable bonds is 3. The largest absolute Gasteiger partial charge is 0.465 e. The van der Waals surface area contributed by atoms with Gasteiger partial charge in [0.15, 0.2) is 0 Å². The zero-order valence-electron chi connectivity index (χ0n) is 11.1. The molecular weight excluding hydrogens is 308 g/mol. The van der Waals surface area contributed by atoms with Crippen LogP contribution in [0.4, 0.5) is 0 Å². The molecule has 19 heavy (non-hydrogen) atoms. The van der Waals surface area contributed by atoms with Crippen molar-refractivity contribution < 1.29 is 9.53 Å². The average molecular weight is 327 g/mol. The Morgan fingerprint density at radius 1 is 1.42 bits per heavy atom. The standard InChI is InChI=1S/C14H19BrN2O2/c1-19-14(18)11-3-4-12(13(15)9-11)10-17-7-2-5-16-6-8-17/h3-4,9,16H,2,5-8,10H2,1H3. The minimum absolute atomic E-state index is 0.300. The smallest absolute Gasteiger partial charge is 0.337 e. The van der Waals surface area contributed by atoms with Crippen LogP contribution in [0.5, 0.6) is 0 Å². The van der Waals surface area contributed by atoms with E-state index >= 15 is 0 Å². The van der Waals surface area contributed by atoms with Gasteiger partial charge in [-0.1, -0.05) is 22.0 Å². The van der Waals surface area contributed by atoms with Gasteiger partial charge in [-0.15, -0.1) is 0 Å². The van der Waals surface area contributed by atoms with Crippen LogP contribution in [0, 0.1) is 0 Å². The van der Waals surface area contributed by atoms with Crippen molar-refractivity contribution in [3.8, 4) is 0 Å². The van der Waals surface area contributed by atoms with Gasteiger partial charge >= 0.3 is 5.97 Å². The predicted molar refractivity (Wildman–Crippen MR) is 78.2 cm³/mol. The van der Waals surface area contributed by atoms with Crippen molar-refractivity contribution in [2.24, 2.45) is 0 Å².